The lowest BCUT2D eigenvalue weighted by atomic mass is 10.0. The zero-order valence-corrected chi connectivity index (χ0v) is 9.05. The molecule has 0 spiro atoms. The van der Waals surface area contributed by atoms with Gasteiger partial charge in [0.15, 0.2) is 0 Å². The molecule has 2 aromatic rings. The fraction of sp³-hybridized carbons (Fsp3) is 0.250. The van der Waals surface area contributed by atoms with Crippen molar-refractivity contribution in [2.24, 2.45) is 0 Å². The number of nitrogen functional groups attached to an aromatic ring is 1. The summed E-state index contributed by atoms with van der Waals surface area (Å²) in [5.41, 5.74) is 9.30. The fourth-order valence-corrected chi connectivity index (χ4v) is 1.61. The summed E-state index contributed by atoms with van der Waals surface area (Å²) >= 11 is 0. The molecule has 78 valence electrons. The standard InChI is InChI=1S/C12H13NO2/c1-6-4-9-7(2)8(3)12(14)15-11(9)5-10(6)13/h4-5H,13H2,1-3H3. The molecule has 3 heteroatoms. The summed E-state index contributed by atoms with van der Waals surface area (Å²) in [4.78, 5) is 11.4. The van der Waals surface area contributed by atoms with Crippen LogP contribution < -0.4 is 11.4 Å². The zero-order valence-electron chi connectivity index (χ0n) is 9.05. The van der Waals surface area contributed by atoms with Crippen molar-refractivity contribution < 1.29 is 4.42 Å². The summed E-state index contributed by atoms with van der Waals surface area (Å²) in [6, 6.07) is 3.66. The molecule has 0 unspecified atom stereocenters. The van der Waals surface area contributed by atoms with Crippen molar-refractivity contribution in [3.05, 3.63) is 39.2 Å². The van der Waals surface area contributed by atoms with E-state index >= 15 is 0 Å². The lowest BCUT2D eigenvalue weighted by Gasteiger charge is -2.06. The van der Waals surface area contributed by atoms with E-state index in [1.807, 2.05) is 19.9 Å². The molecule has 0 aliphatic carbocycles. The molecule has 1 aromatic heterocycles. The summed E-state index contributed by atoms with van der Waals surface area (Å²) in [7, 11) is 0. The van der Waals surface area contributed by atoms with E-state index in [-0.39, 0.29) is 5.63 Å². The van der Waals surface area contributed by atoms with Crippen LogP contribution in [0.4, 0.5) is 5.69 Å². The molecule has 0 bridgehead atoms. The highest BCUT2D eigenvalue weighted by Crippen LogP contribution is 2.24. The summed E-state index contributed by atoms with van der Waals surface area (Å²) in [6.45, 7) is 5.63. The third-order valence-corrected chi connectivity index (χ3v) is 2.84. The third-order valence-electron chi connectivity index (χ3n) is 2.84. The van der Waals surface area contributed by atoms with Gasteiger partial charge >= 0.3 is 5.63 Å². The van der Waals surface area contributed by atoms with E-state index in [1.54, 1.807) is 13.0 Å². The number of aryl methyl sites for hydroxylation is 2. The number of hydrogen-bond donors (Lipinski definition) is 1. The van der Waals surface area contributed by atoms with Crippen molar-refractivity contribution >= 4 is 16.7 Å². The van der Waals surface area contributed by atoms with Gasteiger partial charge in [-0.3, -0.25) is 0 Å². The summed E-state index contributed by atoms with van der Waals surface area (Å²) in [6.07, 6.45) is 0. The minimum atomic E-state index is -0.289. The van der Waals surface area contributed by atoms with Crippen LogP contribution in [-0.4, -0.2) is 0 Å². The number of hydrogen-bond acceptors (Lipinski definition) is 3. The first kappa shape index (κ1) is 9.77. The first-order valence-corrected chi connectivity index (χ1v) is 4.81. The molecular weight excluding hydrogens is 190 g/mol. The number of nitrogens with two attached hydrogens (primary N) is 1. The molecule has 2 N–H and O–H groups in total. The molecule has 0 saturated carbocycles. The maximum Gasteiger partial charge on any atom is 0.339 e. The third kappa shape index (κ3) is 1.40. The van der Waals surface area contributed by atoms with Crippen molar-refractivity contribution in [1.29, 1.82) is 0 Å². The van der Waals surface area contributed by atoms with Gasteiger partial charge in [0.1, 0.15) is 5.58 Å². The SMILES string of the molecule is Cc1cc2c(C)c(C)c(=O)oc2cc1N. The largest absolute Gasteiger partial charge is 0.422 e. The van der Waals surface area contributed by atoms with E-state index in [0.29, 0.717) is 16.8 Å². The lowest BCUT2D eigenvalue weighted by molar-refractivity contribution is 0.554. The molecule has 0 saturated heterocycles. The van der Waals surface area contributed by atoms with Crippen molar-refractivity contribution in [2.75, 3.05) is 5.73 Å². The maximum absolute atomic E-state index is 11.4. The number of rotatable bonds is 0. The van der Waals surface area contributed by atoms with Crippen LogP contribution in [0.25, 0.3) is 11.0 Å². The quantitative estimate of drug-likeness (QED) is 0.528. The topological polar surface area (TPSA) is 56.2 Å². The highest BCUT2D eigenvalue weighted by atomic mass is 16.4. The number of fused-ring (bicyclic) bond motifs is 1. The molecule has 1 aromatic carbocycles. The van der Waals surface area contributed by atoms with Crippen LogP contribution in [0.3, 0.4) is 0 Å². The fourth-order valence-electron chi connectivity index (χ4n) is 1.61. The van der Waals surface area contributed by atoms with E-state index in [9.17, 15) is 4.79 Å². The van der Waals surface area contributed by atoms with Crippen molar-refractivity contribution in [2.45, 2.75) is 20.8 Å². The van der Waals surface area contributed by atoms with Gasteiger partial charge in [-0.2, -0.15) is 0 Å². The normalized spacial score (nSPS) is 10.9. The molecule has 0 atom stereocenters. The Morgan fingerprint density at radius 2 is 1.80 bits per heavy atom. The molecule has 0 aliphatic rings. The van der Waals surface area contributed by atoms with Crippen molar-refractivity contribution in [3.63, 3.8) is 0 Å². The number of anilines is 1. The van der Waals surface area contributed by atoms with Crippen LogP contribution in [0.2, 0.25) is 0 Å². The minimum Gasteiger partial charge on any atom is -0.422 e. The Kier molecular flexibility index (Phi) is 2.03. The molecule has 1 heterocycles. The van der Waals surface area contributed by atoms with Crippen LogP contribution >= 0.6 is 0 Å². The summed E-state index contributed by atoms with van der Waals surface area (Å²) in [5.74, 6) is 0. The van der Waals surface area contributed by atoms with E-state index in [4.69, 9.17) is 10.2 Å². The predicted octanol–water partition coefficient (Wildman–Crippen LogP) is 2.30. The Morgan fingerprint density at radius 3 is 2.47 bits per heavy atom. The van der Waals surface area contributed by atoms with Gasteiger partial charge in [-0.05, 0) is 38.0 Å². The van der Waals surface area contributed by atoms with Crippen LogP contribution in [0, 0.1) is 20.8 Å². The lowest BCUT2D eigenvalue weighted by Crippen LogP contribution is -2.06. The monoisotopic (exact) mass is 203 g/mol. The summed E-state index contributed by atoms with van der Waals surface area (Å²) in [5, 5.41) is 0.957. The molecule has 3 nitrogen and oxygen atoms in total. The molecule has 0 aliphatic heterocycles. The zero-order chi connectivity index (χ0) is 11.2. The second-order valence-corrected chi connectivity index (χ2v) is 3.84. The molecule has 0 fully saturated rings. The first-order valence-electron chi connectivity index (χ1n) is 4.81. The molecule has 0 amide bonds. The Balaban J connectivity index is 3.00. The Labute approximate surface area is 87.5 Å². The average Bonchev–Trinajstić information content (AvgIpc) is 2.19. The Bertz CT molecular complexity index is 597. The van der Waals surface area contributed by atoms with Crippen LogP contribution in [-0.2, 0) is 0 Å². The molecule has 2 rings (SSSR count). The highest BCUT2D eigenvalue weighted by molar-refractivity contribution is 5.85. The molecule has 0 radical (unpaired) electrons. The van der Waals surface area contributed by atoms with Gasteiger partial charge in [-0.25, -0.2) is 4.79 Å². The predicted molar refractivity (Wildman–Crippen MR) is 61.1 cm³/mol. The van der Waals surface area contributed by atoms with Crippen LogP contribution in [0.15, 0.2) is 21.3 Å². The van der Waals surface area contributed by atoms with Gasteiger partial charge in [0.2, 0.25) is 0 Å². The second kappa shape index (κ2) is 3.12. The van der Waals surface area contributed by atoms with E-state index < -0.39 is 0 Å². The van der Waals surface area contributed by atoms with Gasteiger partial charge in [-0.15, -0.1) is 0 Å². The van der Waals surface area contributed by atoms with Gasteiger partial charge in [-0.1, -0.05) is 0 Å². The molecular formula is C12H13NO2. The van der Waals surface area contributed by atoms with E-state index in [0.717, 1.165) is 16.5 Å². The smallest absolute Gasteiger partial charge is 0.339 e. The van der Waals surface area contributed by atoms with Crippen molar-refractivity contribution in [3.8, 4) is 0 Å². The second-order valence-electron chi connectivity index (χ2n) is 3.84. The van der Waals surface area contributed by atoms with Gasteiger partial charge in [0, 0.05) is 22.7 Å². The molecule has 15 heavy (non-hydrogen) atoms. The average molecular weight is 203 g/mol. The first-order chi connectivity index (χ1) is 7.00. The minimum absolute atomic E-state index is 0.289. The number of benzene rings is 1. The van der Waals surface area contributed by atoms with Gasteiger partial charge in [0.05, 0.1) is 0 Å². The maximum atomic E-state index is 11.4. The van der Waals surface area contributed by atoms with Crippen LogP contribution in [0.1, 0.15) is 16.7 Å². The highest BCUT2D eigenvalue weighted by Gasteiger charge is 2.08. The van der Waals surface area contributed by atoms with E-state index in [2.05, 4.69) is 0 Å². The van der Waals surface area contributed by atoms with E-state index in [1.165, 1.54) is 0 Å². The van der Waals surface area contributed by atoms with Gasteiger partial charge < -0.3 is 10.2 Å². The van der Waals surface area contributed by atoms with Crippen LogP contribution in [0.5, 0.6) is 0 Å². The summed E-state index contributed by atoms with van der Waals surface area (Å²) < 4.78 is 5.17. The Hall–Kier alpha value is -1.77. The van der Waals surface area contributed by atoms with Gasteiger partial charge in [0.25, 0.3) is 0 Å². The van der Waals surface area contributed by atoms with Crippen molar-refractivity contribution in [1.82, 2.24) is 0 Å². The Morgan fingerprint density at radius 1 is 1.13 bits per heavy atom.